The molecule has 1 amide bonds. The maximum atomic E-state index is 12.0. The van der Waals surface area contributed by atoms with Gasteiger partial charge in [-0.3, -0.25) is 4.79 Å². The number of halogens is 1. The molecule has 0 heterocycles. The number of carbonyl (C=O) groups excluding carboxylic acids is 1. The van der Waals surface area contributed by atoms with Gasteiger partial charge in [-0.15, -0.1) is 0 Å². The van der Waals surface area contributed by atoms with E-state index >= 15 is 0 Å². The fourth-order valence-corrected chi connectivity index (χ4v) is 3.02. The Bertz CT molecular complexity index is 1090. The minimum atomic E-state index is -0.378. The molecule has 0 atom stereocenters. The van der Waals surface area contributed by atoms with Gasteiger partial charge >= 0.3 is 0 Å². The van der Waals surface area contributed by atoms with Gasteiger partial charge in [-0.1, -0.05) is 40.2 Å². The van der Waals surface area contributed by atoms with Crippen molar-refractivity contribution >= 4 is 28.1 Å². The Hall–Kier alpha value is -3.63. The Labute approximate surface area is 182 Å². The molecule has 30 heavy (non-hydrogen) atoms. The van der Waals surface area contributed by atoms with Gasteiger partial charge in [-0.05, 0) is 53.6 Å². The van der Waals surface area contributed by atoms with E-state index in [1.54, 1.807) is 37.4 Å². The van der Waals surface area contributed by atoms with Crippen LogP contribution in [0.4, 0.5) is 0 Å². The fraction of sp³-hybridized carbons (Fsp3) is 0.0870. The van der Waals surface area contributed by atoms with Gasteiger partial charge in [-0.25, -0.2) is 5.43 Å². The van der Waals surface area contributed by atoms with Crippen LogP contribution >= 0.6 is 15.9 Å². The second-order valence-electron chi connectivity index (χ2n) is 6.18. The Morgan fingerprint density at radius 2 is 1.77 bits per heavy atom. The highest BCUT2D eigenvalue weighted by Crippen LogP contribution is 2.23. The predicted molar refractivity (Wildman–Crippen MR) is 119 cm³/mol. The molecule has 0 spiro atoms. The van der Waals surface area contributed by atoms with Crippen LogP contribution in [0.15, 0.2) is 76.3 Å². The van der Waals surface area contributed by atoms with Crippen LogP contribution in [-0.4, -0.2) is 25.8 Å². The summed E-state index contributed by atoms with van der Waals surface area (Å²) in [5.41, 5.74) is 5.76. The van der Waals surface area contributed by atoms with E-state index in [-0.39, 0.29) is 12.5 Å². The number of carbonyl (C=O) groups is 1. The number of ether oxygens (including phenoxy) is 2. The number of amides is 1. The van der Waals surface area contributed by atoms with Gasteiger partial charge in [0.2, 0.25) is 0 Å². The van der Waals surface area contributed by atoms with Crippen molar-refractivity contribution in [2.45, 2.75) is 0 Å². The normalized spacial score (nSPS) is 10.4. The molecule has 1 N–H and O–H groups in total. The minimum absolute atomic E-state index is 0.164. The molecule has 0 unspecified atom stereocenters. The minimum Gasteiger partial charge on any atom is -0.496 e. The summed E-state index contributed by atoms with van der Waals surface area (Å²) in [6.45, 7) is -0.164. The molecule has 0 aromatic heterocycles. The van der Waals surface area contributed by atoms with Gasteiger partial charge in [0.1, 0.15) is 11.5 Å². The average Bonchev–Trinajstić information content (AvgIpc) is 2.78. The zero-order valence-corrected chi connectivity index (χ0v) is 17.7. The molecule has 0 aliphatic heterocycles. The third kappa shape index (κ3) is 5.69. The number of nitrogens with one attached hydrogen (secondary N) is 1. The SMILES string of the molecule is COc1ccc(Br)cc1/C=N/NC(=O)COc1ccc(-c2ccc(C#N)cc2)cc1. The Balaban J connectivity index is 1.52. The van der Waals surface area contributed by atoms with Crippen molar-refractivity contribution < 1.29 is 14.3 Å². The summed E-state index contributed by atoms with van der Waals surface area (Å²) in [6, 6.07) is 22.3. The van der Waals surface area contributed by atoms with E-state index in [9.17, 15) is 4.79 Å². The molecule has 0 fully saturated rings. The highest BCUT2D eigenvalue weighted by Gasteiger charge is 2.04. The van der Waals surface area contributed by atoms with Crippen molar-refractivity contribution in [3.05, 3.63) is 82.3 Å². The van der Waals surface area contributed by atoms with E-state index in [1.165, 1.54) is 6.21 Å². The first-order valence-electron chi connectivity index (χ1n) is 8.98. The lowest BCUT2D eigenvalue weighted by Crippen LogP contribution is -2.24. The maximum absolute atomic E-state index is 12.0. The van der Waals surface area contributed by atoms with Crippen molar-refractivity contribution in [3.63, 3.8) is 0 Å². The number of benzene rings is 3. The molecule has 0 saturated heterocycles. The van der Waals surface area contributed by atoms with Crippen LogP contribution in [0.2, 0.25) is 0 Å². The molecular weight excluding hydrogens is 446 g/mol. The molecule has 7 heteroatoms. The second-order valence-corrected chi connectivity index (χ2v) is 7.10. The van der Waals surface area contributed by atoms with Crippen LogP contribution < -0.4 is 14.9 Å². The third-order valence-corrected chi connectivity index (χ3v) is 4.65. The number of methoxy groups -OCH3 is 1. The smallest absolute Gasteiger partial charge is 0.277 e. The monoisotopic (exact) mass is 463 g/mol. The molecule has 3 aromatic rings. The van der Waals surface area contributed by atoms with Crippen molar-refractivity contribution in [2.24, 2.45) is 5.10 Å². The first kappa shape index (κ1) is 21.1. The molecule has 0 radical (unpaired) electrons. The van der Waals surface area contributed by atoms with E-state index in [0.717, 1.165) is 21.2 Å². The van der Waals surface area contributed by atoms with Crippen LogP contribution in [0.25, 0.3) is 11.1 Å². The van der Waals surface area contributed by atoms with Gasteiger partial charge < -0.3 is 9.47 Å². The molecule has 0 saturated carbocycles. The standard InChI is InChI=1S/C23H18BrN3O3/c1-29-22-11-8-20(24)12-19(22)14-26-27-23(28)15-30-21-9-6-18(7-10-21)17-4-2-16(13-25)3-5-17/h2-12,14H,15H2,1H3,(H,27,28)/b26-14+. The Kier molecular flexibility index (Phi) is 7.19. The van der Waals surface area contributed by atoms with E-state index in [1.807, 2.05) is 36.4 Å². The summed E-state index contributed by atoms with van der Waals surface area (Å²) in [4.78, 5) is 12.0. The van der Waals surface area contributed by atoms with Gasteiger partial charge in [0.15, 0.2) is 6.61 Å². The molecule has 0 aliphatic rings. The lowest BCUT2D eigenvalue weighted by atomic mass is 10.0. The summed E-state index contributed by atoms with van der Waals surface area (Å²) in [6.07, 6.45) is 1.51. The van der Waals surface area contributed by atoms with Gasteiger partial charge in [-0.2, -0.15) is 10.4 Å². The molecule has 3 aromatic carbocycles. The molecule has 0 bridgehead atoms. The zero-order valence-electron chi connectivity index (χ0n) is 16.1. The van der Waals surface area contributed by atoms with Crippen molar-refractivity contribution in [1.82, 2.24) is 5.43 Å². The van der Waals surface area contributed by atoms with Crippen LogP contribution in [0.5, 0.6) is 11.5 Å². The maximum Gasteiger partial charge on any atom is 0.277 e. The van der Waals surface area contributed by atoms with Gasteiger partial charge in [0, 0.05) is 10.0 Å². The molecular formula is C23H18BrN3O3. The quantitative estimate of drug-likeness (QED) is 0.412. The van der Waals surface area contributed by atoms with Crippen molar-refractivity contribution in [3.8, 4) is 28.7 Å². The number of nitrogens with zero attached hydrogens (tertiary/aromatic N) is 2. The summed E-state index contributed by atoms with van der Waals surface area (Å²) >= 11 is 3.39. The largest absolute Gasteiger partial charge is 0.496 e. The predicted octanol–water partition coefficient (Wildman–Crippen LogP) is 4.53. The number of rotatable bonds is 7. The highest BCUT2D eigenvalue weighted by molar-refractivity contribution is 9.10. The van der Waals surface area contributed by atoms with E-state index < -0.39 is 0 Å². The number of nitriles is 1. The zero-order chi connectivity index (χ0) is 21.3. The van der Waals surface area contributed by atoms with Crippen LogP contribution in [0, 0.1) is 11.3 Å². The van der Waals surface area contributed by atoms with Crippen LogP contribution in [0.1, 0.15) is 11.1 Å². The average molecular weight is 464 g/mol. The van der Waals surface area contributed by atoms with Crippen LogP contribution in [-0.2, 0) is 4.79 Å². The molecule has 3 rings (SSSR count). The number of hydrogen-bond donors (Lipinski definition) is 1. The summed E-state index contributed by atoms with van der Waals surface area (Å²) < 4.78 is 11.6. The topological polar surface area (TPSA) is 83.7 Å². The van der Waals surface area contributed by atoms with Crippen LogP contribution in [0.3, 0.4) is 0 Å². The second kappa shape index (κ2) is 10.2. The Morgan fingerprint density at radius 3 is 2.40 bits per heavy atom. The lowest BCUT2D eigenvalue weighted by Gasteiger charge is -2.07. The first-order chi connectivity index (χ1) is 14.6. The number of hydrazone groups is 1. The molecule has 0 aliphatic carbocycles. The first-order valence-corrected chi connectivity index (χ1v) is 9.77. The lowest BCUT2D eigenvalue weighted by molar-refractivity contribution is -0.123. The highest BCUT2D eigenvalue weighted by atomic mass is 79.9. The van der Waals surface area contributed by atoms with Crippen molar-refractivity contribution in [2.75, 3.05) is 13.7 Å². The summed E-state index contributed by atoms with van der Waals surface area (Å²) in [7, 11) is 1.57. The van der Waals surface area contributed by atoms with Gasteiger partial charge in [0.05, 0.1) is 25.0 Å². The number of hydrogen-bond acceptors (Lipinski definition) is 5. The Morgan fingerprint density at radius 1 is 1.10 bits per heavy atom. The molecule has 6 nitrogen and oxygen atoms in total. The molecule has 150 valence electrons. The van der Waals surface area contributed by atoms with E-state index in [4.69, 9.17) is 14.7 Å². The van der Waals surface area contributed by atoms with E-state index in [2.05, 4.69) is 32.5 Å². The summed E-state index contributed by atoms with van der Waals surface area (Å²) in [5.74, 6) is 0.839. The van der Waals surface area contributed by atoms with E-state index in [0.29, 0.717) is 17.1 Å². The summed E-state index contributed by atoms with van der Waals surface area (Å²) in [5, 5.41) is 12.8. The fourth-order valence-electron chi connectivity index (χ4n) is 2.64. The third-order valence-electron chi connectivity index (χ3n) is 4.16. The van der Waals surface area contributed by atoms with Gasteiger partial charge in [0.25, 0.3) is 5.91 Å². The van der Waals surface area contributed by atoms with Crippen molar-refractivity contribution in [1.29, 1.82) is 5.26 Å².